The summed E-state index contributed by atoms with van der Waals surface area (Å²) in [6, 6.07) is 10.5. The van der Waals surface area contributed by atoms with Crippen molar-refractivity contribution in [2.45, 2.75) is 13.3 Å². The number of rotatable bonds is 10. The molecule has 1 aromatic heterocycles. The molecule has 3 amide bonds. The molecule has 0 aliphatic heterocycles. The van der Waals surface area contributed by atoms with Crippen molar-refractivity contribution in [3.63, 3.8) is 0 Å². The second-order valence-corrected chi connectivity index (χ2v) is 6.24. The first-order valence-corrected chi connectivity index (χ1v) is 8.94. The minimum Gasteiger partial charge on any atom is -0.459 e. The Bertz CT molecular complexity index is 772. The highest BCUT2D eigenvalue weighted by Gasteiger charge is 2.21. The van der Waals surface area contributed by atoms with Gasteiger partial charge < -0.3 is 24.7 Å². The Morgan fingerprint density at radius 2 is 1.86 bits per heavy atom. The van der Waals surface area contributed by atoms with Crippen molar-refractivity contribution < 1.29 is 23.5 Å². The maximum atomic E-state index is 12.5. The van der Waals surface area contributed by atoms with Crippen LogP contribution >= 0.6 is 0 Å². The number of carbonyl (C=O) groups is 3. The third-order valence-corrected chi connectivity index (χ3v) is 3.91. The van der Waals surface area contributed by atoms with Crippen molar-refractivity contribution in [2.75, 3.05) is 38.7 Å². The molecular formula is C20H25N3O5. The van der Waals surface area contributed by atoms with Crippen LogP contribution in [0.25, 0.3) is 0 Å². The molecule has 8 nitrogen and oxygen atoms in total. The van der Waals surface area contributed by atoms with Gasteiger partial charge in [-0.1, -0.05) is 17.7 Å². The minimum atomic E-state index is -0.434. The van der Waals surface area contributed by atoms with Gasteiger partial charge in [-0.15, -0.1) is 0 Å². The molecule has 0 atom stereocenters. The van der Waals surface area contributed by atoms with Crippen LogP contribution in [0.3, 0.4) is 0 Å². The summed E-state index contributed by atoms with van der Waals surface area (Å²) in [7, 11) is 1.57. The fourth-order valence-electron chi connectivity index (χ4n) is 2.46. The molecule has 0 unspecified atom stereocenters. The smallest absolute Gasteiger partial charge is 0.290 e. The highest BCUT2D eigenvalue weighted by Crippen LogP contribution is 2.08. The molecule has 1 heterocycles. The zero-order chi connectivity index (χ0) is 20.4. The Hall–Kier alpha value is -3.13. The van der Waals surface area contributed by atoms with Crippen molar-refractivity contribution in [1.29, 1.82) is 0 Å². The lowest BCUT2D eigenvalue weighted by molar-refractivity contribution is -0.124. The molecule has 150 valence electrons. The zero-order valence-corrected chi connectivity index (χ0v) is 16.1. The summed E-state index contributed by atoms with van der Waals surface area (Å²) in [4.78, 5) is 38.0. The van der Waals surface area contributed by atoms with Gasteiger partial charge >= 0.3 is 0 Å². The Labute approximate surface area is 163 Å². The van der Waals surface area contributed by atoms with Crippen molar-refractivity contribution in [2.24, 2.45) is 0 Å². The van der Waals surface area contributed by atoms with Gasteiger partial charge in [0.1, 0.15) is 0 Å². The number of hydrogen-bond acceptors (Lipinski definition) is 5. The zero-order valence-electron chi connectivity index (χ0n) is 16.1. The third-order valence-electron chi connectivity index (χ3n) is 3.91. The van der Waals surface area contributed by atoms with E-state index in [4.69, 9.17) is 9.15 Å². The number of nitrogens with one attached hydrogen (secondary N) is 2. The average molecular weight is 387 g/mol. The maximum Gasteiger partial charge on any atom is 0.290 e. The molecule has 0 bridgehead atoms. The number of aryl methyl sites for hydroxylation is 1. The van der Waals surface area contributed by atoms with Crippen LogP contribution in [0, 0.1) is 6.92 Å². The van der Waals surface area contributed by atoms with Gasteiger partial charge in [-0.05, 0) is 37.6 Å². The Morgan fingerprint density at radius 1 is 1.11 bits per heavy atom. The van der Waals surface area contributed by atoms with Gasteiger partial charge in [0.05, 0.1) is 19.4 Å². The first kappa shape index (κ1) is 21.2. The minimum absolute atomic E-state index is 0.155. The van der Waals surface area contributed by atoms with Crippen LogP contribution in [0.1, 0.15) is 22.5 Å². The standard InChI is InChI=1S/C20H25N3O5/c1-15-6-8-16(9-7-15)22-18(24)13-21-19(25)14-23(10-4-11-27-2)20(26)17-5-3-12-28-17/h3,5-9,12H,4,10-11,13-14H2,1-2H3,(H,21,25)(H,22,24). The Kier molecular flexibility index (Phi) is 8.23. The molecule has 0 aliphatic rings. The quantitative estimate of drug-likeness (QED) is 0.606. The van der Waals surface area contributed by atoms with Crippen molar-refractivity contribution in [3.05, 3.63) is 54.0 Å². The lowest BCUT2D eigenvalue weighted by Crippen LogP contribution is -2.43. The summed E-state index contributed by atoms with van der Waals surface area (Å²) in [6.45, 7) is 2.38. The van der Waals surface area contributed by atoms with E-state index in [1.54, 1.807) is 31.4 Å². The normalized spacial score (nSPS) is 10.4. The average Bonchev–Trinajstić information content (AvgIpc) is 3.22. The second-order valence-electron chi connectivity index (χ2n) is 6.24. The topological polar surface area (TPSA) is 101 Å². The molecule has 1 aromatic carbocycles. The van der Waals surface area contributed by atoms with E-state index in [2.05, 4.69) is 10.6 Å². The maximum absolute atomic E-state index is 12.5. The highest BCUT2D eigenvalue weighted by atomic mass is 16.5. The summed E-state index contributed by atoms with van der Waals surface area (Å²) < 4.78 is 10.1. The van der Waals surface area contributed by atoms with Crippen LogP contribution in [0.5, 0.6) is 0 Å². The number of benzene rings is 1. The molecule has 2 N–H and O–H groups in total. The van der Waals surface area contributed by atoms with Gasteiger partial charge in [0, 0.05) is 25.9 Å². The summed E-state index contributed by atoms with van der Waals surface area (Å²) >= 11 is 0. The van der Waals surface area contributed by atoms with E-state index >= 15 is 0 Å². The molecule has 0 spiro atoms. The van der Waals surface area contributed by atoms with E-state index in [0.29, 0.717) is 25.3 Å². The Balaban J connectivity index is 1.84. The molecule has 2 rings (SSSR count). The fraction of sp³-hybridized carbons (Fsp3) is 0.350. The number of nitrogens with zero attached hydrogens (tertiary/aromatic N) is 1. The molecule has 2 aromatic rings. The van der Waals surface area contributed by atoms with Gasteiger partial charge in [-0.3, -0.25) is 14.4 Å². The summed E-state index contributed by atoms with van der Waals surface area (Å²) in [5.41, 5.74) is 1.74. The lowest BCUT2D eigenvalue weighted by Gasteiger charge is -2.21. The SMILES string of the molecule is COCCCN(CC(=O)NCC(=O)Nc1ccc(C)cc1)C(=O)c1ccco1. The molecule has 0 aliphatic carbocycles. The van der Waals surface area contributed by atoms with Crippen LogP contribution < -0.4 is 10.6 Å². The molecule has 8 heteroatoms. The third kappa shape index (κ3) is 6.88. The summed E-state index contributed by atoms with van der Waals surface area (Å²) in [5, 5.41) is 5.23. The van der Waals surface area contributed by atoms with Gasteiger partial charge in [0.2, 0.25) is 11.8 Å². The fourth-order valence-corrected chi connectivity index (χ4v) is 2.46. The number of carbonyl (C=O) groups excluding carboxylic acids is 3. The van der Waals surface area contributed by atoms with Crippen LogP contribution in [0.2, 0.25) is 0 Å². The molecule has 28 heavy (non-hydrogen) atoms. The van der Waals surface area contributed by atoms with Crippen molar-refractivity contribution >= 4 is 23.4 Å². The van der Waals surface area contributed by atoms with Gasteiger partial charge in [-0.25, -0.2) is 0 Å². The number of methoxy groups -OCH3 is 1. The molecule has 0 fully saturated rings. The predicted molar refractivity (Wildman–Crippen MR) is 104 cm³/mol. The first-order valence-electron chi connectivity index (χ1n) is 8.94. The second kappa shape index (κ2) is 10.9. The first-order chi connectivity index (χ1) is 13.5. The van der Waals surface area contributed by atoms with Gasteiger partial charge in [0.15, 0.2) is 5.76 Å². The van der Waals surface area contributed by atoms with E-state index in [1.165, 1.54) is 11.2 Å². The number of ether oxygens (including phenoxy) is 1. The largest absolute Gasteiger partial charge is 0.459 e. The van der Waals surface area contributed by atoms with Crippen LogP contribution in [0.15, 0.2) is 47.1 Å². The number of hydrogen-bond donors (Lipinski definition) is 2. The number of furan rings is 1. The molecule has 0 saturated carbocycles. The van der Waals surface area contributed by atoms with Crippen molar-refractivity contribution in [3.8, 4) is 0 Å². The van der Waals surface area contributed by atoms with E-state index in [-0.39, 0.29) is 30.7 Å². The monoisotopic (exact) mass is 387 g/mol. The Morgan fingerprint density at radius 3 is 2.50 bits per heavy atom. The summed E-state index contributed by atoms with van der Waals surface area (Å²) in [6.07, 6.45) is 1.97. The number of amides is 3. The number of anilines is 1. The summed E-state index contributed by atoms with van der Waals surface area (Å²) in [5.74, 6) is -1.01. The molecular weight excluding hydrogens is 362 g/mol. The van der Waals surface area contributed by atoms with E-state index in [9.17, 15) is 14.4 Å². The lowest BCUT2D eigenvalue weighted by atomic mass is 10.2. The van der Waals surface area contributed by atoms with E-state index in [1.807, 2.05) is 19.1 Å². The van der Waals surface area contributed by atoms with E-state index < -0.39 is 5.91 Å². The van der Waals surface area contributed by atoms with Gasteiger partial charge in [0.25, 0.3) is 5.91 Å². The van der Waals surface area contributed by atoms with Crippen LogP contribution in [-0.4, -0.2) is 56.0 Å². The predicted octanol–water partition coefficient (Wildman–Crippen LogP) is 1.82. The van der Waals surface area contributed by atoms with Gasteiger partial charge in [-0.2, -0.15) is 0 Å². The van der Waals surface area contributed by atoms with Crippen LogP contribution in [-0.2, 0) is 14.3 Å². The molecule has 0 saturated heterocycles. The van der Waals surface area contributed by atoms with Crippen LogP contribution in [0.4, 0.5) is 5.69 Å². The van der Waals surface area contributed by atoms with Crippen molar-refractivity contribution in [1.82, 2.24) is 10.2 Å². The highest BCUT2D eigenvalue weighted by molar-refractivity contribution is 5.96. The van der Waals surface area contributed by atoms with E-state index in [0.717, 1.165) is 5.56 Å². The molecule has 0 radical (unpaired) electrons.